The van der Waals surface area contributed by atoms with Crippen LogP contribution in [0.25, 0.3) is 10.1 Å². The SMILES string of the molecule is Cc1c(C(=O)N2CCC3(CCNC3)CC2)sc2ccc(F)cc12.Cl. The van der Waals surface area contributed by atoms with Gasteiger partial charge in [-0.25, -0.2) is 4.39 Å². The van der Waals surface area contributed by atoms with E-state index in [1.54, 1.807) is 6.07 Å². The summed E-state index contributed by atoms with van der Waals surface area (Å²) in [6.45, 7) is 5.80. The molecule has 130 valence electrons. The summed E-state index contributed by atoms with van der Waals surface area (Å²) in [5.41, 5.74) is 1.33. The largest absolute Gasteiger partial charge is 0.338 e. The lowest BCUT2D eigenvalue weighted by Crippen LogP contribution is -2.43. The number of rotatable bonds is 1. The molecule has 2 aliphatic heterocycles. The molecule has 0 saturated carbocycles. The Morgan fingerprint density at radius 2 is 2.04 bits per heavy atom. The maximum Gasteiger partial charge on any atom is 0.264 e. The number of hydrogen-bond donors (Lipinski definition) is 1. The lowest BCUT2D eigenvalue weighted by Gasteiger charge is -2.38. The first-order valence-corrected chi connectivity index (χ1v) is 9.08. The van der Waals surface area contributed by atoms with Crippen LogP contribution in [0.5, 0.6) is 0 Å². The second-order valence-corrected chi connectivity index (χ2v) is 7.97. The zero-order valence-electron chi connectivity index (χ0n) is 13.7. The van der Waals surface area contributed by atoms with Crippen LogP contribution in [0.3, 0.4) is 0 Å². The highest BCUT2D eigenvalue weighted by molar-refractivity contribution is 7.21. The Labute approximate surface area is 151 Å². The van der Waals surface area contributed by atoms with E-state index in [1.165, 1.54) is 29.9 Å². The van der Waals surface area contributed by atoms with Gasteiger partial charge in [-0.05, 0) is 67.3 Å². The second-order valence-electron chi connectivity index (χ2n) is 6.92. The first-order chi connectivity index (χ1) is 11.1. The third-order valence-electron chi connectivity index (χ3n) is 5.54. The number of amides is 1. The molecule has 0 atom stereocenters. The van der Waals surface area contributed by atoms with Gasteiger partial charge in [0.1, 0.15) is 5.82 Å². The summed E-state index contributed by atoms with van der Waals surface area (Å²) in [4.78, 5) is 15.7. The van der Waals surface area contributed by atoms with E-state index < -0.39 is 0 Å². The Kier molecular flexibility index (Phi) is 4.87. The number of carbonyl (C=O) groups excluding carboxylic acids is 1. The number of carbonyl (C=O) groups is 1. The molecule has 3 nitrogen and oxygen atoms in total. The number of hydrogen-bond acceptors (Lipinski definition) is 3. The Bertz CT molecular complexity index is 760. The van der Waals surface area contributed by atoms with Crippen LogP contribution in [0, 0.1) is 18.2 Å². The van der Waals surface area contributed by atoms with Gasteiger partial charge < -0.3 is 10.2 Å². The number of likely N-dealkylation sites (tertiary alicyclic amines) is 1. The predicted octanol–water partition coefficient (Wildman–Crippen LogP) is 3.99. The number of thiophene rings is 1. The number of halogens is 2. The summed E-state index contributed by atoms with van der Waals surface area (Å²) in [5.74, 6) is -0.129. The van der Waals surface area contributed by atoms with E-state index in [4.69, 9.17) is 0 Å². The summed E-state index contributed by atoms with van der Waals surface area (Å²) in [7, 11) is 0. The van der Waals surface area contributed by atoms with Gasteiger partial charge in [0.05, 0.1) is 4.88 Å². The van der Waals surface area contributed by atoms with Gasteiger partial charge in [0.15, 0.2) is 0 Å². The smallest absolute Gasteiger partial charge is 0.264 e. The van der Waals surface area contributed by atoms with Crippen LogP contribution in [0.1, 0.15) is 34.5 Å². The zero-order valence-corrected chi connectivity index (χ0v) is 15.4. The second kappa shape index (κ2) is 6.62. The highest BCUT2D eigenvalue weighted by Crippen LogP contribution is 2.38. The van der Waals surface area contributed by atoms with Gasteiger partial charge in [0, 0.05) is 24.3 Å². The number of benzene rings is 1. The van der Waals surface area contributed by atoms with E-state index in [0.717, 1.165) is 59.5 Å². The van der Waals surface area contributed by atoms with Crippen molar-refractivity contribution in [2.45, 2.75) is 26.2 Å². The average molecular weight is 369 g/mol. The number of fused-ring (bicyclic) bond motifs is 1. The van der Waals surface area contributed by atoms with Crippen LogP contribution in [0.2, 0.25) is 0 Å². The number of aryl methyl sites for hydroxylation is 1. The minimum atomic E-state index is -0.244. The Morgan fingerprint density at radius 3 is 2.71 bits per heavy atom. The lowest BCUT2D eigenvalue weighted by atomic mass is 9.78. The lowest BCUT2D eigenvalue weighted by molar-refractivity contribution is 0.0612. The molecule has 0 aliphatic carbocycles. The molecule has 4 rings (SSSR count). The highest BCUT2D eigenvalue weighted by atomic mass is 35.5. The van der Waals surface area contributed by atoms with Crippen LogP contribution in [0.4, 0.5) is 4.39 Å². The molecule has 1 aromatic carbocycles. The Balaban J connectivity index is 0.00000169. The summed E-state index contributed by atoms with van der Waals surface area (Å²) in [5, 5.41) is 4.32. The molecule has 6 heteroatoms. The van der Waals surface area contributed by atoms with Gasteiger partial charge >= 0.3 is 0 Å². The Morgan fingerprint density at radius 1 is 1.29 bits per heavy atom. The predicted molar refractivity (Wildman–Crippen MR) is 98.8 cm³/mol. The monoisotopic (exact) mass is 368 g/mol. The van der Waals surface area contributed by atoms with Crippen molar-refractivity contribution in [1.29, 1.82) is 0 Å². The molecule has 2 aromatic rings. The molecule has 0 unspecified atom stereocenters. The first kappa shape index (κ1) is 17.6. The molecule has 1 amide bonds. The van der Waals surface area contributed by atoms with Gasteiger partial charge in [-0.2, -0.15) is 0 Å². The molecule has 1 aromatic heterocycles. The topological polar surface area (TPSA) is 32.3 Å². The van der Waals surface area contributed by atoms with Gasteiger partial charge in [0.25, 0.3) is 5.91 Å². The Hall–Kier alpha value is -1.17. The van der Waals surface area contributed by atoms with Crippen molar-refractivity contribution in [1.82, 2.24) is 10.2 Å². The molecule has 24 heavy (non-hydrogen) atoms. The van der Waals surface area contributed by atoms with Crippen LogP contribution < -0.4 is 5.32 Å². The fraction of sp³-hybridized carbons (Fsp3) is 0.500. The van der Waals surface area contributed by atoms with Crippen molar-refractivity contribution in [3.05, 3.63) is 34.5 Å². The molecule has 1 N–H and O–H groups in total. The van der Waals surface area contributed by atoms with E-state index in [0.29, 0.717) is 5.41 Å². The molecule has 2 aliphatic rings. The van der Waals surface area contributed by atoms with E-state index in [1.807, 2.05) is 11.8 Å². The zero-order chi connectivity index (χ0) is 16.0. The van der Waals surface area contributed by atoms with E-state index >= 15 is 0 Å². The van der Waals surface area contributed by atoms with Crippen LogP contribution >= 0.6 is 23.7 Å². The van der Waals surface area contributed by atoms with Crippen molar-refractivity contribution in [3.8, 4) is 0 Å². The maximum absolute atomic E-state index is 13.5. The maximum atomic E-state index is 13.5. The van der Waals surface area contributed by atoms with Crippen molar-refractivity contribution in [3.63, 3.8) is 0 Å². The van der Waals surface area contributed by atoms with E-state index in [2.05, 4.69) is 5.32 Å². The minimum absolute atomic E-state index is 0. The molecule has 0 radical (unpaired) electrons. The van der Waals surface area contributed by atoms with Gasteiger partial charge in [-0.1, -0.05) is 0 Å². The van der Waals surface area contributed by atoms with Gasteiger partial charge in [0.2, 0.25) is 0 Å². The first-order valence-electron chi connectivity index (χ1n) is 8.27. The highest BCUT2D eigenvalue weighted by Gasteiger charge is 2.38. The molecule has 2 saturated heterocycles. The average Bonchev–Trinajstić information content (AvgIpc) is 3.13. The molecule has 3 heterocycles. The van der Waals surface area contributed by atoms with Crippen molar-refractivity contribution < 1.29 is 9.18 Å². The third kappa shape index (κ3) is 2.93. The minimum Gasteiger partial charge on any atom is -0.338 e. The van der Waals surface area contributed by atoms with Crippen molar-refractivity contribution in [2.75, 3.05) is 26.2 Å². The summed E-state index contributed by atoms with van der Waals surface area (Å²) >= 11 is 1.49. The van der Waals surface area contributed by atoms with Crippen molar-refractivity contribution in [2.24, 2.45) is 5.41 Å². The normalized spacial score (nSPS) is 19.7. The quantitative estimate of drug-likeness (QED) is 0.825. The third-order valence-corrected chi connectivity index (χ3v) is 6.80. The fourth-order valence-corrected chi connectivity index (χ4v) is 5.10. The van der Waals surface area contributed by atoms with E-state index in [-0.39, 0.29) is 24.1 Å². The fourth-order valence-electron chi connectivity index (χ4n) is 3.95. The van der Waals surface area contributed by atoms with Gasteiger partial charge in [-0.15, -0.1) is 23.7 Å². The van der Waals surface area contributed by atoms with Crippen LogP contribution in [-0.2, 0) is 0 Å². The number of nitrogens with one attached hydrogen (secondary N) is 1. The van der Waals surface area contributed by atoms with E-state index in [9.17, 15) is 9.18 Å². The molecule has 2 fully saturated rings. The molecular formula is C18H22ClFN2OS. The summed E-state index contributed by atoms with van der Waals surface area (Å²) in [6, 6.07) is 4.77. The molecule has 1 spiro atoms. The van der Waals surface area contributed by atoms with Crippen LogP contribution in [-0.4, -0.2) is 37.0 Å². The van der Waals surface area contributed by atoms with Crippen molar-refractivity contribution >= 4 is 39.7 Å². The van der Waals surface area contributed by atoms with Crippen LogP contribution in [0.15, 0.2) is 18.2 Å². The molecular weight excluding hydrogens is 347 g/mol. The van der Waals surface area contributed by atoms with Gasteiger partial charge in [-0.3, -0.25) is 4.79 Å². The summed E-state index contributed by atoms with van der Waals surface area (Å²) in [6.07, 6.45) is 3.41. The number of nitrogens with zero attached hydrogens (tertiary/aromatic N) is 1. The summed E-state index contributed by atoms with van der Waals surface area (Å²) < 4.78 is 14.4. The molecule has 0 bridgehead atoms. The standard InChI is InChI=1S/C18H21FN2OS.ClH/c1-12-14-10-13(19)2-3-15(14)23-16(12)17(22)21-8-5-18(6-9-21)4-7-20-11-18;/h2-3,10,20H,4-9,11H2,1H3;1H. The number of piperidine rings is 1.